The molecule has 0 aromatic heterocycles. The molecule has 1 aliphatic carbocycles. The van der Waals surface area contributed by atoms with Crippen molar-refractivity contribution in [2.45, 2.75) is 45.2 Å². The second kappa shape index (κ2) is 6.15. The highest BCUT2D eigenvalue weighted by Gasteiger charge is 2.28. The SMILES string of the molecule is CCCCN(Cc1ccc(C(=O)O)cc1F)C1CC1. The molecule has 0 atom stereocenters. The minimum Gasteiger partial charge on any atom is -0.478 e. The summed E-state index contributed by atoms with van der Waals surface area (Å²) in [7, 11) is 0. The molecule has 0 amide bonds. The van der Waals surface area contributed by atoms with Crippen LogP contribution in [0.4, 0.5) is 4.39 Å². The molecule has 4 heteroatoms. The Kier molecular flexibility index (Phi) is 4.53. The van der Waals surface area contributed by atoms with Crippen LogP contribution < -0.4 is 0 Å². The fraction of sp³-hybridized carbons (Fsp3) is 0.533. The molecule has 2 rings (SSSR count). The second-order valence-corrected chi connectivity index (χ2v) is 5.17. The quantitative estimate of drug-likeness (QED) is 0.822. The van der Waals surface area contributed by atoms with E-state index >= 15 is 0 Å². The minimum atomic E-state index is -1.09. The van der Waals surface area contributed by atoms with Gasteiger partial charge in [0.2, 0.25) is 0 Å². The summed E-state index contributed by atoms with van der Waals surface area (Å²) in [4.78, 5) is 13.1. The van der Waals surface area contributed by atoms with Gasteiger partial charge < -0.3 is 5.11 Å². The van der Waals surface area contributed by atoms with Crippen LogP contribution in [0.25, 0.3) is 0 Å². The Labute approximate surface area is 113 Å². The van der Waals surface area contributed by atoms with Crippen molar-refractivity contribution < 1.29 is 14.3 Å². The van der Waals surface area contributed by atoms with Crippen LogP contribution in [0.1, 0.15) is 48.5 Å². The Morgan fingerprint density at radius 3 is 2.74 bits per heavy atom. The van der Waals surface area contributed by atoms with E-state index in [1.807, 2.05) is 0 Å². The number of unbranched alkanes of at least 4 members (excludes halogenated alkanes) is 1. The maximum Gasteiger partial charge on any atom is 0.335 e. The van der Waals surface area contributed by atoms with Crippen molar-refractivity contribution >= 4 is 5.97 Å². The van der Waals surface area contributed by atoms with Gasteiger partial charge in [0.25, 0.3) is 0 Å². The van der Waals surface area contributed by atoms with Crippen molar-refractivity contribution in [2.75, 3.05) is 6.54 Å². The van der Waals surface area contributed by atoms with Crippen molar-refractivity contribution in [3.63, 3.8) is 0 Å². The van der Waals surface area contributed by atoms with Crippen LogP contribution in [0.5, 0.6) is 0 Å². The average molecular weight is 265 g/mol. The first-order chi connectivity index (χ1) is 9.11. The molecule has 0 bridgehead atoms. The maximum atomic E-state index is 13.9. The third-order valence-electron chi connectivity index (χ3n) is 3.54. The van der Waals surface area contributed by atoms with Gasteiger partial charge in [-0.1, -0.05) is 19.4 Å². The van der Waals surface area contributed by atoms with Crippen LogP contribution >= 0.6 is 0 Å². The third-order valence-corrected chi connectivity index (χ3v) is 3.54. The Morgan fingerprint density at radius 2 is 2.21 bits per heavy atom. The predicted molar refractivity (Wildman–Crippen MR) is 71.7 cm³/mol. The average Bonchev–Trinajstić information content (AvgIpc) is 3.20. The summed E-state index contributed by atoms with van der Waals surface area (Å²) >= 11 is 0. The van der Waals surface area contributed by atoms with E-state index in [9.17, 15) is 9.18 Å². The van der Waals surface area contributed by atoms with Crippen LogP contribution in [0.3, 0.4) is 0 Å². The smallest absolute Gasteiger partial charge is 0.335 e. The summed E-state index contributed by atoms with van der Waals surface area (Å²) < 4.78 is 13.9. The van der Waals surface area contributed by atoms with Gasteiger partial charge in [-0.25, -0.2) is 9.18 Å². The number of rotatable bonds is 7. The van der Waals surface area contributed by atoms with E-state index in [4.69, 9.17) is 5.11 Å². The monoisotopic (exact) mass is 265 g/mol. The summed E-state index contributed by atoms with van der Waals surface area (Å²) in [6, 6.07) is 4.78. The fourth-order valence-electron chi connectivity index (χ4n) is 2.22. The largest absolute Gasteiger partial charge is 0.478 e. The molecule has 1 N–H and O–H groups in total. The van der Waals surface area contributed by atoms with Crippen LogP contribution in [-0.2, 0) is 6.54 Å². The Balaban J connectivity index is 2.06. The molecule has 1 aliphatic rings. The van der Waals surface area contributed by atoms with Gasteiger partial charge in [0.05, 0.1) is 5.56 Å². The normalized spacial score (nSPS) is 14.9. The fourth-order valence-corrected chi connectivity index (χ4v) is 2.22. The number of carboxylic acid groups (broad SMARTS) is 1. The standard InChI is InChI=1S/C15H20FNO2/c1-2-3-8-17(13-6-7-13)10-12-5-4-11(15(18)19)9-14(12)16/h4-5,9,13H,2-3,6-8,10H2,1H3,(H,18,19). The van der Waals surface area contributed by atoms with Crippen molar-refractivity contribution in [1.29, 1.82) is 0 Å². The molecule has 104 valence electrons. The van der Waals surface area contributed by atoms with Crippen molar-refractivity contribution in [3.8, 4) is 0 Å². The van der Waals surface area contributed by atoms with Crippen LogP contribution in [-0.4, -0.2) is 28.6 Å². The van der Waals surface area contributed by atoms with E-state index in [1.165, 1.54) is 18.9 Å². The Morgan fingerprint density at radius 1 is 1.47 bits per heavy atom. The van der Waals surface area contributed by atoms with Gasteiger partial charge in [-0.15, -0.1) is 0 Å². The molecule has 1 aromatic rings. The molecule has 0 radical (unpaired) electrons. The Hall–Kier alpha value is -1.42. The molecule has 1 fully saturated rings. The van der Waals surface area contributed by atoms with E-state index in [0.29, 0.717) is 18.2 Å². The van der Waals surface area contributed by atoms with Gasteiger partial charge in [0, 0.05) is 18.2 Å². The molecule has 19 heavy (non-hydrogen) atoms. The van der Waals surface area contributed by atoms with Gasteiger partial charge in [-0.05, 0) is 37.9 Å². The zero-order valence-corrected chi connectivity index (χ0v) is 11.2. The van der Waals surface area contributed by atoms with E-state index in [-0.39, 0.29) is 5.56 Å². The van der Waals surface area contributed by atoms with Crippen LogP contribution in [0.2, 0.25) is 0 Å². The van der Waals surface area contributed by atoms with E-state index < -0.39 is 11.8 Å². The highest BCUT2D eigenvalue weighted by molar-refractivity contribution is 5.87. The first-order valence-corrected chi connectivity index (χ1v) is 6.87. The summed E-state index contributed by atoms with van der Waals surface area (Å²) in [5.41, 5.74) is 0.598. The third kappa shape index (κ3) is 3.77. The summed E-state index contributed by atoms with van der Waals surface area (Å²) in [6.07, 6.45) is 4.63. The summed E-state index contributed by atoms with van der Waals surface area (Å²) in [5.74, 6) is -1.50. The molecular formula is C15H20FNO2. The van der Waals surface area contributed by atoms with E-state index in [1.54, 1.807) is 6.07 Å². The molecule has 0 spiro atoms. The van der Waals surface area contributed by atoms with Gasteiger partial charge in [-0.3, -0.25) is 4.90 Å². The lowest BCUT2D eigenvalue weighted by Crippen LogP contribution is -2.27. The highest BCUT2D eigenvalue weighted by Crippen LogP contribution is 2.29. The molecule has 0 unspecified atom stereocenters. The number of benzene rings is 1. The van der Waals surface area contributed by atoms with Gasteiger partial charge in [0.15, 0.2) is 0 Å². The zero-order chi connectivity index (χ0) is 13.8. The van der Waals surface area contributed by atoms with E-state index in [0.717, 1.165) is 25.5 Å². The van der Waals surface area contributed by atoms with E-state index in [2.05, 4.69) is 11.8 Å². The van der Waals surface area contributed by atoms with Crippen molar-refractivity contribution in [1.82, 2.24) is 4.90 Å². The maximum absolute atomic E-state index is 13.9. The first kappa shape index (κ1) is 14.0. The van der Waals surface area contributed by atoms with Gasteiger partial charge in [-0.2, -0.15) is 0 Å². The lowest BCUT2D eigenvalue weighted by molar-refractivity contribution is 0.0696. The number of nitrogens with zero attached hydrogens (tertiary/aromatic N) is 1. The number of carbonyl (C=O) groups is 1. The summed E-state index contributed by atoms with van der Waals surface area (Å²) in [6.45, 7) is 3.71. The van der Waals surface area contributed by atoms with Gasteiger partial charge >= 0.3 is 5.97 Å². The topological polar surface area (TPSA) is 40.5 Å². The van der Waals surface area contributed by atoms with Crippen molar-refractivity contribution in [2.24, 2.45) is 0 Å². The van der Waals surface area contributed by atoms with Crippen LogP contribution in [0.15, 0.2) is 18.2 Å². The van der Waals surface area contributed by atoms with Crippen LogP contribution in [0, 0.1) is 5.82 Å². The zero-order valence-electron chi connectivity index (χ0n) is 11.2. The number of aromatic carboxylic acids is 1. The Bertz CT molecular complexity index is 457. The molecule has 0 aliphatic heterocycles. The minimum absolute atomic E-state index is 0.00720. The van der Waals surface area contributed by atoms with Gasteiger partial charge in [0.1, 0.15) is 5.82 Å². The van der Waals surface area contributed by atoms with Crippen molar-refractivity contribution in [3.05, 3.63) is 35.1 Å². The lowest BCUT2D eigenvalue weighted by Gasteiger charge is -2.22. The molecule has 1 aromatic carbocycles. The molecule has 0 saturated heterocycles. The molecular weight excluding hydrogens is 245 g/mol. The lowest BCUT2D eigenvalue weighted by atomic mass is 10.1. The number of halogens is 1. The summed E-state index contributed by atoms with van der Waals surface area (Å²) in [5, 5.41) is 8.82. The number of hydrogen-bond acceptors (Lipinski definition) is 2. The highest BCUT2D eigenvalue weighted by atomic mass is 19.1. The number of hydrogen-bond donors (Lipinski definition) is 1. The molecule has 0 heterocycles. The molecule has 1 saturated carbocycles. The second-order valence-electron chi connectivity index (χ2n) is 5.17. The first-order valence-electron chi connectivity index (χ1n) is 6.87. The molecule has 3 nitrogen and oxygen atoms in total. The predicted octanol–water partition coefficient (Wildman–Crippen LogP) is 3.29. The number of carboxylic acids is 1.